The summed E-state index contributed by atoms with van der Waals surface area (Å²) >= 11 is 3.27. The number of alkyl halides is 1. The summed E-state index contributed by atoms with van der Waals surface area (Å²) in [6.07, 6.45) is 16.3. The van der Waals surface area contributed by atoms with Gasteiger partial charge in [-0.05, 0) is 126 Å². The Kier molecular flexibility index (Phi) is 95.1. The Labute approximate surface area is 1090 Å². The summed E-state index contributed by atoms with van der Waals surface area (Å²) in [5.74, 6) is -1.87. The number of hydrogen-bond donors (Lipinski definition) is 1. The molecule has 0 aliphatic carbocycles. The fraction of sp³-hybridized carbons (Fsp3) is 0.581. The molecule has 4 aliphatic rings. The second-order valence-corrected chi connectivity index (χ2v) is 36.1. The summed E-state index contributed by atoms with van der Waals surface area (Å²) < 4.78 is 244. The molecule has 0 spiro atoms. The zero-order valence-electron chi connectivity index (χ0n) is 74.2. The van der Waals surface area contributed by atoms with Gasteiger partial charge in [-0.15, -0.1) is 85.9 Å². The van der Waals surface area contributed by atoms with Crippen LogP contribution in [0.1, 0.15) is 219 Å². The van der Waals surface area contributed by atoms with Crippen molar-refractivity contribution in [2.45, 2.75) is 218 Å². The zero-order valence-corrected chi connectivity index (χ0v) is 107. The maximum atomic E-state index is 10.8. The number of rotatable bonds is 39. The molecule has 8 rings (SSSR count). The predicted octanol–water partition coefficient (Wildman–Crippen LogP) is -15.0. The number of carboxylic acids is 1. The molecule has 1 N–H and O–H groups in total. The predicted molar refractivity (Wildman–Crippen MR) is 431 cm³/mol. The van der Waals surface area contributed by atoms with Gasteiger partial charge in [-0.1, -0.05) is 86.9 Å². The average molecular weight is 2180 g/mol. The number of fused-ring (bicyclic) bond motifs is 4. The van der Waals surface area contributed by atoms with Crippen LogP contribution in [0.2, 0.25) is 0 Å². The van der Waals surface area contributed by atoms with Crippen LogP contribution in [0.4, 0.5) is 22.7 Å². The van der Waals surface area contributed by atoms with E-state index in [0.29, 0.717) is 83.9 Å². The van der Waals surface area contributed by atoms with Gasteiger partial charge < -0.3 is 32.8 Å². The van der Waals surface area contributed by atoms with Crippen LogP contribution in [-0.4, -0.2) is 213 Å². The summed E-state index contributed by atoms with van der Waals surface area (Å²) in [7, 11) is -28.9. The number of carbonyl (C=O) groups is 3. The number of halogens is 1. The number of ether oxygens (including phenoxy) is 2. The first kappa shape index (κ1) is 148. The van der Waals surface area contributed by atoms with Crippen molar-refractivity contribution in [3.05, 3.63) is 119 Å². The van der Waals surface area contributed by atoms with E-state index in [2.05, 4.69) is 113 Å². The smallest absolute Gasteiger partial charge is 0.748 e. The molecule has 4 aliphatic heterocycles. The zero-order chi connectivity index (χ0) is 89.4. The van der Waals surface area contributed by atoms with E-state index >= 15 is 0 Å². The molecule has 0 saturated carbocycles. The van der Waals surface area contributed by atoms with Crippen LogP contribution in [0, 0.1) is 24.3 Å². The van der Waals surface area contributed by atoms with E-state index in [9.17, 15) is 66.3 Å². The number of nitrogens with zero attached hydrogens (tertiary/aromatic N) is 4. The van der Waals surface area contributed by atoms with Crippen LogP contribution in [0.15, 0.2) is 82.8 Å². The molecule has 0 amide bonds. The van der Waals surface area contributed by atoms with E-state index in [1.807, 2.05) is 74.5 Å². The summed E-state index contributed by atoms with van der Waals surface area (Å²) in [5.41, 5.74) is 12.8. The Bertz CT molecular complexity index is 4660. The summed E-state index contributed by atoms with van der Waals surface area (Å²) in [4.78, 5) is 39.4. The van der Waals surface area contributed by atoms with Gasteiger partial charge in [0.15, 0.2) is 11.4 Å². The van der Waals surface area contributed by atoms with Gasteiger partial charge in [-0.25, -0.2) is 42.8 Å². The maximum Gasteiger partial charge on any atom is 1.00 e. The third kappa shape index (κ3) is 65.5. The summed E-state index contributed by atoms with van der Waals surface area (Å²) in [6, 6.07) is 35.9. The van der Waals surface area contributed by atoms with Gasteiger partial charge >= 0.3 is 459 Å². The third-order valence-corrected chi connectivity index (χ3v) is 23.4. The van der Waals surface area contributed by atoms with Crippen molar-refractivity contribution in [2.75, 3.05) is 54.6 Å². The third-order valence-electron chi connectivity index (χ3n) is 19.6. The number of hydrogen-bond acceptors (Lipinski definition) is 31. The molecule has 4 heterocycles. The number of benzene rings is 4. The molecule has 0 bridgehead atoms. The molecule has 4 aromatic rings. The quantitative estimate of drug-likeness (QED) is 0.00824. The van der Waals surface area contributed by atoms with E-state index < -0.39 is 88.9 Å². The molecule has 4 unspecified atom stereocenters. The van der Waals surface area contributed by atoms with Gasteiger partial charge in [-0.2, -0.15) is 72.8 Å². The van der Waals surface area contributed by atoms with Crippen LogP contribution in [0.3, 0.4) is 0 Å². The number of carboxylic acid groups (broad SMARTS) is 1. The van der Waals surface area contributed by atoms with Crippen molar-refractivity contribution in [1.82, 2.24) is 0 Å². The Hall–Kier alpha value is 5.66. The van der Waals surface area contributed by atoms with Crippen molar-refractivity contribution in [2.24, 2.45) is 9.98 Å². The molecule has 4 atom stereocenters. The fourth-order valence-electron chi connectivity index (χ4n) is 13.2. The van der Waals surface area contributed by atoms with Gasteiger partial charge in [0.05, 0.1) is 53.7 Å². The first-order chi connectivity index (χ1) is 54.4. The van der Waals surface area contributed by atoms with E-state index in [1.165, 1.54) is 33.9 Å². The molecule has 0 fully saturated rings. The Morgan fingerprint density at radius 3 is 0.920 bits per heavy atom. The van der Waals surface area contributed by atoms with Crippen molar-refractivity contribution in [3.8, 4) is 0 Å². The number of unbranched alkanes of at least 4 members (excludes halogenated alkanes) is 10. The van der Waals surface area contributed by atoms with Crippen molar-refractivity contribution < 1.29 is 552 Å². The van der Waals surface area contributed by atoms with Crippen molar-refractivity contribution >= 4 is 163 Å². The molecule has 658 valence electrons. The molecule has 0 saturated heterocycles. The van der Waals surface area contributed by atoms with E-state index in [4.69, 9.17) is 65.1 Å². The normalized spacial score (nSPS) is 16.5. The number of carbonyl (C=O) groups excluding carboxylic acids is 2. The molecule has 51 heteroatoms. The average Bonchev–Trinajstić information content (AvgIpc) is 1.60. The fourth-order valence-corrected chi connectivity index (χ4v) is 15.9. The molecular formula is C74H101BrK8N4O30S8+2. The Balaban J connectivity index is -0.000000185. The van der Waals surface area contributed by atoms with E-state index in [1.54, 1.807) is 0 Å². The molecule has 0 aromatic heterocycles. The van der Waals surface area contributed by atoms with Crippen LogP contribution in [-0.2, 0) is 128 Å². The van der Waals surface area contributed by atoms with Gasteiger partial charge in [0, 0.05) is 83.7 Å². The van der Waals surface area contributed by atoms with Crippen LogP contribution in [0.25, 0.3) is 0 Å². The minimum Gasteiger partial charge on any atom is -0.748 e. The monoisotopic (exact) mass is 2170 g/mol. The first-order valence-electron chi connectivity index (χ1n) is 36.5. The number of aliphatic carboxylic acids is 1. The number of aliphatic imine (C=N–C) groups is 2. The van der Waals surface area contributed by atoms with E-state index in [-0.39, 0.29) is 456 Å². The van der Waals surface area contributed by atoms with Crippen LogP contribution >= 0.6 is 15.9 Å². The van der Waals surface area contributed by atoms with Gasteiger partial charge in [0.1, 0.15) is 24.5 Å². The molecule has 34 nitrogen and oxygen atoms in total. The molecule has 0 radical (unpaired) electrons. The Morgan fingerprint density at radius 2 is 0.664 bits per heavy atom. The topological polar surface area (TPSA) is 554 Å². The van der Waals surface area contributed by atoms with E-state index in [0.717, 1.165) is 136 Å². The second-order valence-electron chi connectivity index (χ2n) is 27.6. The second kappa shape index (κ2) is 80.1. The first-order valence-corrected chi connectivity index (χ1v) is 47.9. The largest absolute Gasteiger partial charge is 1.00 e. The molecule has 4 aromatic carbocycles. The maximum absolute atomic E-state index is 10.8. The van der Waals surface area contributed by atoms with Crippen molar-refractivity contribution in [3.63, 3.8) is 0 Å². The Morgan fingerprint density at radius 1 is 0.408 bits per heavy atom. The standard InChI is InChI=1S/2C20H29NO5S.2C14H18NO3S.C6H11BrO2.8K.4O3S/c2*1-17-20(2,12-6-9-15-27(23,24)25)18-10-4-5-11-19(18)21(17)13-7-3-8-14-26-16-22;2*1-11-14(2,9-5-6-10-19(16,17)18)12-7-3-4-8-13(12)15-11;7-5-3-1-2-4-6(8)9;;;;;;;;;4*1-4(2)3/h2*5,10-11,16H,3,6-9,12-15H2,1-2H3,(H,23,24,25);2*4,7-8H,5-6,9-10H2,1-2H3,(H,16,17,18);1-5H2,(H,8,9);;;;;;;;;;;;/q;;2*-1;;8*+1;;;;/p-4. The van der Waals surface area contributed by atoms with Crippen LogP contribution < -0.4 is 411 Å². The summed E-state index contributed by atoms with van der Waals surface area (Å²) in [5, 5.41) is 9.18. The van der Waals surface area contributed by atoms with Crippen LogP contribution in [0.5, 0.6) is 0 Å². The molecular weight excluding hydrogens is 2070 g/mol. The minimum absolute atomic E-state index is 0. The summed E-state index contributed by atoms with van der Waals surface area (Å²) in [6.45, 7) is 20.4. The van der Waals surface area contributed by atoms with Gasteiger partial charge in [0.25, 0.3) is 12.9 Å². The molecule has 125 heavy (non-hydrogen) atoms. The minimum atomic E-state index is -4.15. The van der Waals surface area contributed by atoms with Gasteiger partial charge in [-0.3, -0.25) is 24.4 Å². The SMILES string of the molecule is CC1=Nc2cc[c-]cc2C1(C)CCCCS(=O)(=O)[O-].CC1=Nc2cc[c-]cc2C1(C)CCCCS(=O)(=O)[O-].CC1=[N+](CCCCCOC=O)c2cc[c-]cc2C1(C)CCCCS(=O)(=O)[O-].CC1=[N+](CCCCCOC=O)c2cc[c-]cc2C1(C)CCCCS(=O)(=O)[O-].O=C(O)CCCCCBr.O=S(=O)=O.O=S(=O)=O.O=S(=O)=O.O=S(=O)=O.[K+].[K+].[K+].[K+].[K+].[K+].[K+].[K+]. The van der Waals surface area contributed by atoms with Gasteiger partial charge in [0.2, 0.25) is 0 Å². The van der Waals surface area contributed by atoms with Crippen molar-refractivity contribution in [1.29, 1.82) is 0 Å².